The number of nitrogens with zero attached hydrogens (tertiary/aromatic N) is 2. The molecule has 0 radical (unpaired) electrons. The van der Waals surface area contributed by atoms with Crippen LogP contribution in [-0.4, -0.2) is 16.5 Å². The number of nitrogens with one attached hydrogen (secondary N) is 1. The van der Waals surface area contributed by atoms with Gasteiger partial charge in [0.25, 0.3) is 0 Å². The highest BCUT2D eigenvalue weighted by molar-refractivity contribution is 5.74. The van der Waals surface area contributed by atoms with Gasteiger partial charge >= 0.3 is 0 Å². The molecule has 2 aromatic carbocycles. The van der Waals surface area contributed by atoms with Crippen LogP contribution in [0.5, 0.6) is 0 Å². The van der Waals surface area contributed by atoms with E-state index in [9.17, 15) is 0 Å². The predicted molar refractivity (Wildman–Crippen MR) is 107 cm³/mol. The molecule has 0 atom stereocenters. The van der Waals surface area contributed by atoms with E-state index in [4.69, 9.17) is 4.98 Å². The van der Waals surface area contributed by atoms with E-state index in [1.165, 1.54) is 43.4 Å². The van der Waals surface area contributed by atoms with Crippen LogP contribution in [0.3, 0.4) is 0 Å². The molecule has 132 valence electrons. The third-order valence-corrected chi connectivity index (χ3v) is 4.71. The van der Waals surface area contributed by atoms with Crippen molar-refractivity contribution in [3.63, 3.8) is 0 Å². The molecular formula is C22H29N3. The topological polar surface area (TPSA) is 31.9 Å². The molecule has 1 N–H and O–H groups in total. The van der Waals surface area contributed by atoms with Gasteiger partial charge in [0.15, 0.2) is 0 Å². The molecule has 0 aliphatic carbocycles. The number of para-hydroxylation sites is 2. The van der Waals surface area contributed by atoms with Crippen molar-refractivity contribution in [3.05, 3.63) is 59.9 Å². The monoisotopic (exact) mass is 335 g/mol. The minimum absolute atomic E-state index is 0.825. The molecule has 0 amide bonds. The van der Waals surface area contributed by atoms with E-state index in [-0.39, 0.29) is 0 Å². The second-order valence-corrected chi connectivity index (χ2v) is 6.87. The van der Waals surface area contributed by atoms with Gasteiger partial charge in [-0.1, -0.05) is 62.4 Å². The largest absolute Gasteiger partial charge is 0.364 e. The summed E-state index contributed by atoms with van der Waals surface area (Å²) in [7, 11) is 0. The molecule has 3 heteroatoms. The van der Waals surface area contributed by atoms with Crippen molar-refractivity contribution in [2.45, 2.75) is 52.5 Å². The molecule has 3 rings (SSSR count). The van der Waals surface area contributed by atoms with Crippen LogP contribution in [0.4, 0.5) is 5.69 Å². The van der Waals surface area contributed by atoms with Crippen LogP contribution in [-0.2, 0) is 6.54 Å². The zero-order chi connectivity index (χ0) is 17.5. The molecule has 3 nitrogen and oxygen atoms in total. The fourth-order valence-electron chi connectivity index (χ4n) is 3.22. The number of aromatic amines is 1. The summed E-state index contributed by atoms with van der Waals surface area (Å²) in [4.78, 5) is 10.7. The van der Waals surface area contributed by atoms with Crippen molar-refractivity contribution in [2.24, 2.45) is 0 Å². The first-order chi connectivity index (χ1) is 12.3. The lowest BCUT2D eigenvalue weighted by atomic mass is 10.1. The summed E-state index contributed by atoms with van der Waals surface area (Å²) in [5, 5.41) is 0. The van der Waals surface area contributed by atoms with Gasteiger partial charge in [-0.05, 0) is 37.6 Å². The van der Waals surface area contributed by atoms with Crippen LogP contribution in [0, 0.1) is 6.92 Å². The highest BCUT2D eigenvalue weighted by Crippen LogP contribution is 2.20. The Hall–Kier alpha value is -2.29. The highest BCUT2D eigenvalue weighted by Gasteiger charge is 2.10. The van der Waals surface area contributed by atoms with Crippen molar-refractivity contribution in [3.8, 4) is 0 Å². The summed E-state index contributed by atoms with van der Waals surface area (Å²) in [5.74, 6) is 1.04. The van der Waals surface area contributed by atoms with Gasteiger partial charge in [-0.15, -0.1) is 0 Å². The van der Waals surface area contributed by atoms with Crippen LogP contribution in [0.25, 0.3) is 11.0 Å². The van der Waals surface area contributed by atoms with Crippen molar-refractivity contribution >= 4 is 16.7 Å². The first-order valence-electron chi connectivity index (χ1n) is 9.51. The summed E-state index contributed by atoms with van der Waals surface area (Å²) >= 11 is 0. The zero-order valence-electron chi connectivity index (χ0n) is 15.5. The molecular weight excluding hydrogens is 306 g/mol. The van der Waals surface area contributed by atoms with Gasteiger partial charge in [-0.2, -0.15) is 0 Å². The number of anilines is 1. The first kappa shape index (κ1) is 17.5. The zero-order valence-corrected chi connectivity index (χ0v) is 15.5. The molecule has 0 aliphatic rings. The molecule has 0 bridgehead atoms. The van der Waals surface area contributed by atoms with Crippen molar-refractivity contribution in [1.29, 1.82) is 0 Å². The smallest absolute Gasteiger partial charge is 0.126 e. The average molecular weight is 335 g/mol. The van der Waals surface area contributed by atoms with Gasteiger partial charge in [0.2, 0.25) is 0 Å². The van der Waals surface area contributed by atoms with Crippen molar-refractivity contribution in [1.82, 2.24) is 9.97 Å². The third-order valence-electron chi connectivity index (χ3n) is 4.71. The van der Waals surface area contributed by atoms with Crippen LogP contribution < -0.4 is 4.90 Å². The van der Waals surface area contributed by atoms with Crippen LogP contribution >= 0.6 is 0 Å². The maximum Gasteiger partial charge on any atom is 0.126 e. The number of fused-ring (bicyclic) bond motifs is 1. The molecule has 1 aromatic heterocycles. The second-order valence-electron chi connectivity index (χ2n) is 6.87. The van der Waals surface area contributed by atoms with Gasteiger partial charge in [0, 0.05) is 12.2 Å². The standard InChI is InChI=1S/C22H29N3/c1-3-4-5-6-9-16-25(19-14-12-18(2)13-15-19)17-22-23-20-10-7-8-11-21(20)24-22/h7-8,10-15H,3-6,9,16-17H2,1-2H3,(H,23,24). The summed E-state index contributed by atoms with van der Waals surface area (Å²) in [6, 6.07) is 17.1. The number of hydrogen-bond donors (Lipinski definition) is 1. The number of aryl methyl sites for hydroxylation is 1. The summed E-state index contributed by atoms with van der Waals surface area (Å²) < 4.78 is 0. The lowest BCUT2D eigenvalue weighted by molar-refractivity contribution is 0.614. The lowest BCUT2D eigenvalue weighted by Gasteiger charge is -2.24. The van der Waals surface area contributed by atoms with E-state index in [2.05, 4.69) is 66.2 Å². The Morgan fingerprint density at radius 3 is 2.44 bits per heavy atom. The maximum absolute atomic E-state index is 4.76. The van der Waals surface area contributed by atoms with E-state index < -0.39 is 0 Å². The Morgan fingerprint density at radius 2 is 1.68 bits per heavy atom. The number of H-pyrrole nitrogens is 1. The minimum Gasteiger partial charge on any atom is -0.364 e. The summed E-state index contributed by atoms with van der Waals surface area (Å²) in [6.45, 7) is 6.30. The number of imidazole rings is 1. The number of benzene rings is 2. The number of hydrogen-bond acceptors (Lipinski definition) is 2. The second kappa shape index (κ2) is 8.70. The van der Waals surface area contributed by atoms with E-state index >= 15 is 0 Å². The van der Waals surface area contributed by atoms with E-state index in [1.807, 2.05) is 6.07 Å². The number of aromatic nitrogens is 2. The third kappa shape index (κ3) is 4.85. The Bertz CT molecular complexity index is 740. The molecule has 0 saturated carbocycles. The fraction of sp³-hybridized carbons (Fsp3) is 0.409. The Morgan fingerprint density at radius 1 is 0.920 bits per heavy atom. The molecule has 0 spiro atoms. The quantitative estimate of drug-likeness (QED) is 0.497. The molecule has 0 unspecified atom stereocenters. The molecule has 1 heterocycles. The highest BCUT2D eigenvalue weighted by atomic mass is 15.2. The average Bonchev–Trinajstić information content (AvgIpc) is 3.04. The SMILES string of the molecule is CCCCCCCN(Cc1nc2ccccc2[nH]1)c1ccc(C)cc1. The van der Waals surface area contributed by atoms with Crippen LogP contribution in [0.15, 0.2) is 48.5 Å². The van der Waals surface area contributed by atoms with Crippen LogP contribution in [0.1, 0.15) is 50.4 Å². The predicted octanol–water partition coefficient (Wildman–Crippen LogP) is 5.85. The number of rotatable bonds is 9. The van der Waals surface area contributed by atoms with Gasteiger partial charge in [0.05, 0.1) is 17.6 Å². The Balaban J connectivity index is 1.71. The van der Waals surface area contributed by atoms with Gasteiger partial charge in [-0.25, -0.2) is 4.98 Å². The molecule has 3 aromatic rings. The van der Waals surface area contributed by atoms with Gasteiger partial charge < -0.3 is 9.88 Å². The molecule has 0 aliphatic heterocycles. The van der Waals surface area contributed by atoms with E-state index in [0.29, 0.717) is 0 Å². The van der Waals surface area contributed by atoms with E-state index in [0.717, 1.165) is 29.9 Å². The molecule has 25 heavy (non-hydrogen) atoms. The normalized spacial score (nSPS) is 11.1. The van der Waals surface area contributed by atoms with Gasteiger partial charge in [0.1, 0.15) is 5.82 Å². The van der Waals surface area contributed by atoms with E-state index in [1.54, 1.807) is 0 Å². The van der Waals surface area contributed by atoms with Gasteiger partial charge in [-0.3, -0.25) is 0 Å². The maximum atomic E-state index is 4.76. The molecule has 0 saturated heterocycles. The van der Waals surface area contributed by atoms with Crippen LogP contribution in [0.2, 0.25) is 0 Å². The first-order valence-corrected chi connectivity index (χ1v) is 9.51. The minimum atomic E-state index is 0.825. The Labute approximate surface area is 151 Å². The van der Waals surface area contributed by atoms with Crippen molar-refractivity contribution in [2.75, 3.05) is 11.4 Å². The molecule has 0 fully saturated rings. The Kier molecular flexibility index (Phi) is 6.10. The fourth-order valence-corrected chi connectivity index (χ4v) is 3.22. The number of unbranched alkanes of at least 4 members (excludes halogenated alkanes) is 4. The lowest BCUT2D eigenvalue weighted by Crippen LogP contribution is -2.24. The van der Waals surface area contributed by atoms with Crippen molar-refractivity contribution < 1.29 is 0 Å². The summed E-state index contributed by atoms with van der Waals surface area (Å²) in [6.07, 6.45) is 6.50. The summed E-state index contributed by atoms with van der Waals surface area (Å²) in [5.41, 5.74) is 4.74.